The maximum Gasteiger partial charge on any atom is 0.288 e. The van der Waals surface area contributed by atoms with Crippen molar-refractivity contribution in [3.05, 3.63) is 27.1 Å². The van der Waals surface area contributed by atoms with Crippen LogP contribution in [0, 0.1) is 6.92 Å². The minimum absolute atomic E-state index is 0.235. The van der Waals surface area contributed by atoms with Crippen LogP contribution in [0.1, 0.15) is 31.1 Å². The van der Waals surface area contributed by atoms with E-state index in [9.17, 15) is 4.79 Å². The Kier molecular flexibility index (Phi) is 3.07. The smallest absolute Gasteiger partial charge is 0.288 e. The summed E-state index contributed by atoms with van der Waals surface area (Å²) in [5.74, 6) is 0. The lowest BCUT2D eigenvalue weighted by Crippen LogP contribution is -2.31. The first-order valence-corrected chi connectivity index (χ1v) is 5.43. The zero-order valence-corrected chi connectivity index (χ0v) is 9.33. The molecule has 1 unspecified atom stereocenters. The van der Waals surface area contributed by atoms with Crippen molar-refractivity contribution < 1.29 is 4.74 Å². The van der Waals surface area contributed by atoms with Gasteiger partial charge in [-0.2, -0.15) is 9.78 Å². The van der Waals surface area contributed by atoms with Crippen LogP contribution < -0.4 is 5.56 Å². The molecule has 0 radical (unpaired) electrons. The van der Waals surface area contributed by atoms with E-state index >= 15 is 0 Å². The van der Waals surface area contributed by atoms with Crippen molar-refractivity contribution in [1.29, 1.82) is 0 Å². The van der Waals surface area contributed by atoms with Gasteiger partial charge in [-0.15, -0.1) is 0 Å². The van der Waals surface area contributed by atoms with Crippen molar-refractivity contribution >= 4 is 11.6 Å². The number of hydrogen-bond donors (Lipinski definition) is 0. The molecular weight excluding hydrogens is 216 g/mol. The monoisotopic (exact) mass is 228 g/mol. The molecule has 2 rings (SSSR count). The highest BCUT2D eigenvalue weighted by atomic mass is 35.5. The molecule has 0 spiro atoms. The van der Waals surface area contributed by atoms with Crippen LogP contribution in [0.2, 0.25) is 5.02 Å². The van der Waals surface area contributed by atoms with E-state index in [1.54, 1.807) is 13.1 Å². The number of aryl methyl sites for hydroxylation is 1. The first kappa shape index (κ1) is 10.6. The number of nitrogens with zero attached hydrogens (tertiary/aromatic N) is 2. The molecule has 4 nitrogen and oxygen atoms in total. The molecule has 1 aromatic rings. The predicted molar refractivity (Wildman–Crippen MR) is 57.1 cm³/mol. The predicted octanol–water partition coefficient (Wildman–Crippen LogP) is 1.90. The molecule has 0 amide bonds. The van der Waals surface area contributed by atoms with Crippen molar-refractivity contribution in [3.8, 4) is 0 Å². The van der Waals surface area contributed by atoms with E-state index in [0.717, 1.165) is 19.3 Å². The quantitative estimate of drug-likeness (QED) is 0.738. The summed E-state index contributed by atoms with van der Waals surface area (Å²) in [4.78, 5) is 11.8. The largest absolute Gasteiger partial charge is 0.356 e. The number of hydrogen-bond acceptors (Lipinski definition) is 3. The van der Waals surface area contributed by atoms with Gasteiger partial charge in [0.1, 0.15) is 5.02 Å². The standard InChI is InChI=1S/C10H13ClN2O2/c1-7-6-12-13(10(14)9(7)11)8-4-2-3-5-15-8/h6,8H,2-5H2,1H3. The van der Waals surface area contributed by atoms with Gasteiger partial charge in [0, 0.05) is 6.61 Å². The fourth-order valence-corrected chi connectivity index (χ4v) is 1.78. The molecule has 0 saturated carbocycles. The first-order chi connectivity index (χ1) is 7.20. The maximum absolute atomic E-state index is 11.8. The van der Waals surface area contributed by atoms with Crippen molar-refractivity contribution in [2.45, 2.75) is 32.4 Å². The molecule has 5 heteroatoms. The van der Waals surface area contributed by atoms with Gasteiger partial charge in [0.25, 0.3) is 5.56 Å². The van der Waals surface area contributed by atoms with E-state index < -0.39 is 0 Å². The van der Waals surface area contributed by atoms with Crippen LogP contribution in [0.4, 0.5) is 0 Å². The second kappa shape index (κ2) is 4.33. The molecular formula is C10H13ClN2O2. The van der Waals surface area contributed by atoms with E-state index in [2.05, 4.69) is 5.10 Å². The average molecular weight is 229 g/mol. The van der Waals surface area contributed by atoms with Crippen LogP contribution in [0.3, 0.4) is 0 Å². The van der Waals surface area contributed by atoms with Gasteiger partial charge in [-0.3, -0.25) is 4.79 Å². The van der Waals surface area contributed by atoms with Gasteiger partial charge in [-0.05, 0) is 31.7 Å². The Hall–Kier alpha value is -0.870. The maximum atomic E-state index is 11.8. The molecule has 15 heavy (non-hydrogen) atoms. The average Bonchev–Trinajstić information content (AvgIpc) is 2.27. The van der Waals surface area contributed by atoms with Crippen molar-refractivity contribution in [2.75, 3.05) is 6.61 Å². The van der Waals surface area contributed by atoms with Crippen LogP contribution in [0.5, 0.6) is 0 Å². The minimum Gasteiger partial charge on any atom is -0.356 e. The molecule has 1 aliphatic heterocycles. The third kappa shape index (κ3) is 2.06. The van der Waals surface area contributed by atoms with Crippen molar-refractivity contribution in [2.24, 2.45) is 0 Å². The zero-order chi connectivity index (χ0) is 10.8. The van der Waals surface area contributed by atoms with Gasteiger partial charge in [0.15, 0.2) is 6.23 Å². The Bertz CT molecular complexity index is 410. The van der Waals surface area contributed by atoms with Gasteiger partial charge in [-0.1, -0.05) is 11.6 Å². The van der Waals surface area contributed by atoms with Gasteiger partial charge in [-0.25, -0.2) is 0 Å². The van der Waals surface area contributed by atoms with Crippen LogP contribution >= 0.6 is 11.6 Å². The number of aromatic nitrogens is 2. The topological polar surface area (TPSA) is 44.1 Å². The molecule has 1 fully saturated rings. The number of halogens is 1. The molecule has 0 aliphatic carbocycles. The van der Waals surface area contributed by atoms with Crippen molar-refractivity contribution in [1.82, 2.24) is 9.78 Å². The zero-order valence-electron chi connectivity index (χ0n) is 8.57. The van der Waals surface area contributed by atoms with E-state index in [1.807, 2.05) is 0 Å². The summed E-state index contributed by atoms with van der Waals surface area (Å²) < 4.78 is 6.82. The summed E-state index contributed by atoms with van der Waals surface area (Å²) in [6.45, 7) is 2.45. The normalized spacial score (nSPS) is 21.6. The second-order valence-corrected chi connectivity index (χ2v) is 4.09. The Morgan fingerprint density at radius 2 is 2.40 bits per heavy atom. The summed E-state index contributed by atoms with van der Waals surface area (Å²) >= 11 is 5.87. The van der Waals surface area contributed by atoms with Gasteiger partial charge in [0.2, 0.25) is 0 Å². The highest BCUT2D eigenvalue weighted by Crippen LogP contribution is 2.20. The van der Waals surface area contributed by atoms with Crippen LogP contribution in [0.25, 0.3) is 0 Å². The SMILES string of the molecule is Cc1cnn(C2CCCCO2)c(=O)c1Cl. The van der Waals surface area contributed by atoms with Gasteiger partial charge < -0.3 is 4.74 Å². The summed E-state index contributed by atoms with van der Waals surface area (Å²) in [7, 11) is 0. The fraction of sp³-hybridized carbons (Fsp3) is 0.600. The Balaban J connectivity index is 2.35. The van der Waals surface area contributed by atoms with Gasteiger partial charge in [0.05, 0.1) is 6.20 Å². The van der Waals surface area contributed by atoms with Crippen LogP contribution in [-0.2, 0) is 4.74 Å². The molecule has 0 bridgehead atoms. The fourth-order valence-electron chi connectivity index (χ4n) is 1.65. The second-order valence-electron chi connectivity index (χ2n) is 3.71. The number of rotatable bonds is 1. The Morgan fingerprint density at radius 1 is 1.60 bits per heavy atom. The summed E-state index contributed by atoms with van der Waals surface area (Å²) in [6, 6.07) is 0. The first-order valence-electron chi connectivity index (χ1n) is 5.05. The third-order valence-electron chi connectivity index (χ3n) is 2.55. The van der Waals surface area contributed by atoms with E-state index in [4.69, 9.17) is 16.3 Å². The molecule has 1 atom stereocenters. The third-order valence-corrected chi connectivity index (χ3v) is 3.01. The molecule has 0 N–H and O–H groups in total. The Morgan fingerprint density at radius 3 is 3.07 bits per heavy atom. The lowest BCUT2D eigenvalue weighted by Gasteiger charge is -2.23. The number of ether oxygens (including phenoxy) is 1. The van der Waals surface area contributed by atoms with E-state index in [-0.39, 0.29) is 16.8 Å². The highest BCUT2D eigenvalue weighted by molar-refractivity contribution is 6.31. The lowest BCUT2D eigenvalue weighted by molar-refractivity contribution is -0.0424. The summed E-state index contributed by atoms with van der Waals surface area (Å²) in [6.07, 6.45) is 4.28. The lowest BCUT2D eigenvalue weighted by atomic mass is 10.2. The molecule has 1 aromatic heterocycles. The molecule has 2 heterocycles. The molecule has 1 aliphatic rings. The van der Waals surface area contributed by atoms with Gasteiger partial charge >= 0.3 is 0 Å². The Labute approximate surface area is 92.8 Å². The van der Waals surface area contributed by atoms with Crippen LogP contribution in [-0.4, -0.2) is 16.4 Å². The summed E-state index contributed by atoms with van der Waals surface area (Å²) in [5, 5.41) is 4.29. The van der Waals surface area contributed by atoms with E-state index in [1.165, 1.54) is 4.68 Å². The van der Waals surface area contributed by atoms with Crippen molar-refractivity contribution in [3.63, 3.8) is 0 Å². The summed E-state index contributed by atoms with van der Waals surface area (Å²) in [5.41, 5.74) is 0.442. The van der Waals surface area contributed by atoms with Crippen LogP contribution in [0.15, 0.2) is 11.0 Å². The molecule has 0 aromatic carbocycles. The molecule has 82 valence electrons. The molecule has 1 saturated heterocycles. The minimum atomic E-state index is -0.261. The highest BCUT2D eigenvalue weighted by Gasteiger charge is 2.19. The van der Waals surface area contributed by atoms with E-state index in [0.29, 0.717) is 12.2 Å².